The Balaban J connectivity index is 1.79. The van der Waals surface area contributed by atoms with Crippen LogP contribution in [0.3, 0.4) is 0 Å². The van der Waals surface area contributed by atoms with Gasteiger partial charge in [-0.2, -0.15) is 0 Å². The maximum absolute atomic E-state index is 12.7. The second-order valence-corrected chi connectivity index (χ2v) is 6.05. The van der Waals surface area contributed by atoms with Crippen LogP contribution in [0, 0.1) is 12.7 Å². The molecule has 2 rings (SSSR count). The van der Waals surface area contributed by atoms with E-state index in [0.717, 1.165) is 16.9 Å². The van der Waals surface area contributed by atoms with Gasteiger partial charge in [-0.05, 0) is 49.2 Å². The summed E-state index contributed by atoms with van der Waals surface area (Å²) in [7, 11) is 0. The molecular weight excluding hydrogens is 319 g/mol. The molecule has 0 atom stereocenters. The number of halogens is 1. The van der Waals surface area contributed by atoms with E-state index in [1.807, 2.05) is 19.9 Å². The predicted octanol–water partition coefficient (Wildman–Crippen LogP) is 2.60. The molecule has 0 saturated carbocycles. The van der Waals surface area contributed by atoms with Crippen LogP contribution in [-0.2, 0) is 11.2 Å². The lowest BCUT2D eigenvalue weighted by atomic mass is 10.2. The highest BCUT2D eigenvalue weighted by Crippen LogP contribution is 2.21. The number of ether oxygens (including phenoxy) is 1. The fraction of sp³-hybridized carbons (Fsp3) is 0.250. The van der Waals surface area contributed by atoms with Gasteiger partial charge >= 0.3 is 0 Å². The van der Waals surface area contributed by atoms with Crippen LogP contribution >= 0.6 is 11.3 Å². The Morgan fingerprint density at radius 2 is 1.91 bits per heavy atom. The highest BCUT2D eigenvalue weighted by molar-refractivity contribution is 7.14. The van der Waals surface area contributed by atoms with Gasteiger partial charge in [0, 0.05) is 4.88 Å². The van der Waals surface area contributed by atoms with Crippen LogP contribution in [0.4, 0.5) is 4.39 Å². The summed E-state index contributed by atoms with van der Waals surface area (Å²) >= 11 is 1.38. The molecule has 0 fully saturated rings. The number of thiophene rings is 1. The van der Waals surface area contributed by atoms with Crippen LogP contribution in [0.5, 0.6) is 5.75 Å². The number of carbonyl (C=O) groups excluding carboxylic acids is 2. The molecule has 1 aromatic heterocycles. The average Bonchev–Trinajstić information content (AvgIpc) is 2.93. The molecule has 0 saturated heterocycles. The van der Waals surface area contributed by atoms with Gasteiger partial charge in [0.15, 0.2) is 6.61 Å². The van der Waals surface area contributed by atoms with Gasteiger partial charge < -0.3 is 4.74 Å². The Bertz CT molecular complexity index is 698. The topological polar surface area (TPSA) is 67.4 Å². The van der Waals surface area contributed by atoms with Crippen molar-refractivity contribution in [2.24, 2.45) is 0 Å². The summed E-state index contributed by atoms with van der Waals surface area (Å²) in [4.78, 5) is 25.2. The third-order valence-corrected chi connectivity index (χ3v) is 4.22. The summed E-state index contributed by atoms with van der Waals surface area (Å²) < 4.78 is 17.9. The number of hydrogen-bond acceptors (Lipinski definition) is 4. The van der Waals surface area contributed by atoms with Crippen molar-refractivity contribution in [2.75, 3.05) is 6.61 Å². The van der Waals surface area contributed by atoms with E-state index in [1.54, 1.807) is 0 Å². The molecule has 2 N–H and O–H groups in total. The quantitative estimate of drug-likeness (QED) is 0.825. The molecule has 122 valence electrons. The van der Waals surface area contributed by atoms with E-state index in [4.69, 9.17) is 4.74 Å². The van der Waals surface area contributed by atoms with E-state index >= 15 is 0 Å². The minimum atomic E-state index is -0.508. The van der Waals surface area contributed by atoms with E-state index in [-0.39, 0.29) is 18.3 Å². The first-order chi connectivity index (χ1) is 11.0. The van der Waals surface area contributed by atoms with Crippen molar-refractivity contribution in [1.29, 1.82) is 0 Å². The first-order valence-electron chi connectivity index (χ1n) is 7.06. The Hall–Kier alpha value is -2.41. The summed E-state index contributed by atoms with van der Waals surface area (Å²) in [5.41, 5.74) is 5.74. The average molecular weight is 336 g/mol. The van der Waals surface area contributed by atoms with Gasteiger partial charge in [-0.1, -0.05) is 6.92 Å². The molecule has 2 amide bonds. The van der Waals surface area contributed by atoms with E-state index in [0.29, 0.717) is 10.6 Å². The molecule has 0 aliphatic carbocycles. The van der Waals surface area contributed by atoms with Gasteiger partial charge in [0.05, 0.1) is 4.88 Å². The Morgan fingerprint density at radius 3 is 2.52 bits per heavy atom. The number of nitrogens with one attached hydrogen (secondary N) is 2. The van der Waals surface area contributed by atoms with Gasteiger partial charge in [-0.25, -0.2) is 4.39 Å². The second kappa shape index (κ2) is 7.73. The number of amides is 2. The van der Waals surface area contributed by atoms with Crippen LogP contribution in [0.1, 0.15) is 27.0 Å². The number of hydrazine groups is 1. The van der Waals surface area contributed by atoms with Gasteiger partial charge in [0.25, 0.3) is 11.8 Å². The van der Waals surface area contributed by atoms with Crippen LogP contribution in [0.2, 0.25) is 0 Å². The van der Waals surface area contributed by atoms with Crippen molar-refractivity contribution >= 4 is 23.2 Å². The number of rotatable bonds is 5. The zero-order valence-electron chi connectivity index (χ0n) is 12.8. The molecule has 7 heteroatoms. The maximum Gasteiger partial charge on any atom is 0.279 e. The van der Waals surface area contributed by atoms with E-state index < -0.39 is 5.91 Å². The van der Waals surface area contributed by atoms with Crippen LogP contribution in [0.25, 0.3) is 0 Å². The van der Waals surface area contributed by atoms with Crippen molar-refractivity contribution in [3.05, 3.63) is 51.5 Å². The fourth-order valence-electron chi connectivity index (χ4n) is 1.89. The van der Waals surface area contributed by atoms with Crippen molar-refractivity contribution in [2.45, 2.75) is 20.3 Å². The first kappa shape index (κ1) is 17.0. The molecule has 2 aromatic rings. The summed E-state index contributed by atoms with van der Waals surface area (Å²) in [6.45, 7) is 3.69. The summed E-state index contributed by atoms with van der Waals surface area (Å²) in [6, 6.07) is 7.12. The van der Waals surface area contributed by atoms with Crippen molar-refractivity contribution in [3.8, 4) is 5.75 Å². The zero-order chi connectivity index (χ0) is 16.8. The second-order valence-electron chi connectivity index (χ2n) is 4.79. The Labute approximate surface area is 137 Å². The SMILES string of the molecule is CCc1cc(C(=O)NNC(=O)COc2ccc(F)cc2)sc1C. The maximum atomic E-state index is 12.7. The monoisotopic (exact) mass is 336 g/mol. The molecule has 1 aromatic carbocycles. The Kier molecular flexibility index (Phi) is 5.70. The third-order valence-electron chi connectivity index (χ3n) is 3.12. The minimum absolute atomic E-state index is 0.282. The van der Waals surface area contributed by atoms with Gasteiger partial charge in [0.1, 0.15) is 11.6 Å². The lowest BCUT2D eigenvalue weighted by Gasteiger charge is -2.08. The Morgan fingerprint density at radius 1 is 1.22 bits per heavy atom. The highest BCUT2D eigenvalue weighted by atomic mass is 32.1. The molecule has 1 heterocycles. The fourth-order valence-corrected chi connectivity index (χ4v) is 2.90. The highest BCUT2D eigenvalue weighted by Gasteiger charge is 2.12. The van der Waals surface area contributed by atoms with Crippen LogP contribution in [-0.4, -0.2) is 18.4 Å². The van der Waals surface area contributed by atoms with E-state index in [9.17, 15) is 14.0 Å². The van der Waals surface area contributed by atoms with E-state index in [1.165, 1.54) is 35.6 Å². The molecule has 0 spiro atoms. The van der Waals surface area contributed by atoms with Crippen LogP contribution in [0.15, 0.2) is 30.3 Å². The number of benzene rings is 1. The lowest BCUT2D eigenvalue weighted by molar-refractivity contribution is -0.123. The predicted molar refractivity (Wildman–Crippen MR) is 85.9 cm³/mol. The number of aryl methyl sites for hydroxylation is 2. The summed E-state index contributed by atoms with van der Waals surface area (Å²) in [5, 5.41) is 0. The van der Waals surface area contributed by atoms with Crippen LogP contribution < -0.4 is 15.6 Å². The molecule has 0 radical (unpaired) electrons. The number of hydrogen-bond donors (Lipinski definition) is 2. The van der Waals surface area contributed by atoms with Crippen molar-refractivity contribution in [1.82, 2.24) is 10.9 Å². The van der Waals surface area contributed by atoms with Gasteiger partial charge in [0.2, 0.25) is 0 Å². The molecule has 0 unspecified atom stereocenters. The minimum Gasteiger partial charge on any atom is -0.484 e. The first-order valence-corrected chi connectivity index (χ1v) is 7.88. The molecule has 23 heavy (non-hydrogen) atoms. The molecule has 0 aliphatic heterocycles. The largest absolute Gasteiger partial charge is 0.484 e. The lowest BCUT2D eigenvalue weighted by Crippen LogP contribution is -2.43. The molecule has 0 aliphatic rings. The van der Waals surface area contributed by atoms with Crippen molar-refractivity contribution in [3.63, 3.8) is 0 Å². The van der Waals surface area contributed by atoms with Gasteiger partial charge in [-0.3, -0.25) is 20.4 Å². The zero-order valence-corrected chi connectivity index (χ0v) is 13.6. The van der Waals surface area contributed by atoms with E-state index in [2.05, 4.69) is 10.9 Å². The molecule has 0 bridgehead atoms. The smallest absolute Gasteiger partial charge is 0.279 e. The third kappa shape index (κ3) is 4.79. The molecule has 5 nitrogen and oxygen atoms in total. The molecular formula is C16H17FN2O3S. The van der Waals surface area contributed by atoms with Crippen molar-refractivity contribution < 1.29 is 18.7 Å². The van der Waals surface area contributed by atoms with Gasteiger partial charge in [-0.15, -0.1) is 11.3 Å². The summed E-state index contributed by atoms with van der Waals surface area (Å²) in [5.74, 6) is -0.888. The summed E-state index contributed by atoms with van der Waals surface area (Å²) in [6.07, 6.45) is 0.855. The standard InChI is InChI=1S/C16H17FN2O3S/c1-3-11-8-14(23-10(11)2)16(21)19-18-15(20)9-22-13-6-4-12(17)5-7-13/h4-8H,3,9H2,1-2H3,(H,18,20)(H,19,21). The number of carbonyl (C=O) groups is 2. The normalized spacial score (nSPS) is 10.2.